The first kappa shape index (κ1) is 12.1. The summed E-state index contributed by atoms with van der Waals surface area (Å²) < 4.78 is 41.5. The molecule has 0 aromatic carbocycles. The van der Waals surface area contributed by atoms with E-state index in [4.69, 9.17) is 9.84 Å². The zero-order chi connectivity index (χ0) is 11.8. The topological polar surface area (TPSA) is 32.7 Å². The largest absolute Gasteiger partial charge is 0.415 e. The van der Waals surface area contributed by atoms with Crippen LogP contribution in [-0.4, -0.2) is 55.1 Å². The molecule has 2 fully saturated rings. The summed E-state index contributed by atoms with van der Waals surface area (Å²) in [6.07, 6.45) is -4.87. The summed E-state index contributed by atoms with van der Waals surface area (Å²) in [5, 5.41) is 8.92. The minimum Gasteiger partial charge on any atom is -0.382 e. The molecule has 0 aromatic heterocycles. The van der Waals surface area contributed by atoms with Crippen molar-refractivity contribution in [2.24, 2.45) is 5.41 Å². The van der Waals surface area contributed by atoms with Gasteiger partial charge in [0.05, 0.1) is 0 Å². The number of likely N-dealkylation sites (tertiary alicyclic amines) is 1. The molecule has 1 unspecified atom stereocenters. The molecule has 2 saturated heterocycles. The first-order valence-corrected chi connectivity index (χ1v) is 5.46. The van der Waals surface area contributed by atoms with E-state index in [1.807, 2.05) is 0 Å². The molecule has 1 N–H and O–H groups in total. The summed E-state index contributed by atoms with van der Waals surface area (Å²) in [5.74, 6) is 0. The third-order valence-corrected chi connectivity index (χ3v) is 3.48. The molecule has 0 amide bonds. The number of halogens is 3. The number of alkyl halides is 3. The summed E-state index contributed by atoms with van der Waals surface area (Å²) >= 11 is 0. The monoisotopic (exact) mass is 239 g/mol. The summed E-state index contributed by atoms with van der Waals surface area (Å²) in [6.45, 7) is 2.42. The zero-order valence-electron chi connectivity index (χ0n) is 8.96. The van der Waals surface area contributed by atoms with E-state index in [0.29, 0.717) is 26.3 Å². The normalized spacial score (nSPS) is 27.8. The van der Waals surface area contributed by atoms with Crippen LogP contribution < -0.4 is 0 Å². The van der Waals surface area contributed by atoms with Crippen LogP contribution in [0.2, 0.25) is 0 Å². The number of aliphatic hydroxyl groups excluding tert-OH is 1. The molecule has 0 bridgehead atoms. The van der Waals surface area contributed by atoms with Gasteiger partial charge in [-0.3, -0.25) is 4.90 Å². The number of ether oxygens (including phenoxy) is 1. The molecular formula is C10H16F3NO2. The van der Waals surface area contributed by atoms with E-state index in [9.17, 15) is 13.2 Å². The van der Waals surface area contributed by atoms with Crippen molar-refractivity contribution < 1.29 is 23.0 Å². The van der Waals surface area contributed by atoms with Crippen molar-refractivity contribution in [3.05, 3.63) is 0 Å². The van der Waals surface area contributed by atoms with Crippen molar-refractivity contribution in [3.63, 3.8) is 0 Å². The van der Waals surface area contributed by atoms with Gasteiger partial charge in [0.15, 0.2) is 6.10 Å². The predicted octanol–water partition coefficient (Wildman–Crippen LogP) is 1.02. The third kappa shape index (κ3) is 2.49. The Morgan fingerprint density at radius 3 is 2.31 bits per heavy atom. The van der Waals surface area contributed by atoms with Crippen LogP contribution in [0.15, 0.2) is 0 Å². The molecule has 6 heteroatoms. The molecular weight excluding hydrogens is 223 g/mol. The Kier molecular flexibility index (Phi) is 3.16. The molecule has 16 heavy (non-hydrogen) atoms. The van der Waals surface area contributed by atoms with Crippen LogP contribution in [0.5, 0.6) is 0 Å². The van der Waals surface area contributed by atoms with Crippen molar-refractivity contribution >= 4 is 0 Å². The molecule has 2 aliphatic heterocycles. The van der Waals surface area contributed by atoms with E-state index < -0.39 is 12.3 Å². The fraction of sp³-hybridized carbons (Fsp3) is 1.00. The van der Waals surface area contributed by atoms with Gasteiger partial charge in [-0.25, -0.2) is 0 Å². The average Bonchev–Trinajstić information content (AvgIpc) is 2.15. The van der Waals surface area contributed by atoms with Gasteiger partial charge in [0, 0.05) is 38.3 Å². The Labute approximate surface area is 92.2 Å². The second-order valence-corrected chi connectivity index (χ2v) is 4.84. The first-order chi connectivity index (χ1) is 7.41. The van der Waals surface area contributed by atoms with E-state index in [0.717, 1.165) is 12.8 Å². The second kappa shape index (κ2) is 4.16. The number of hydrogen-bond donors (Lipinski definition) is 1. The average molecular weight is 239 g/mol. The quantitative estimate of drug-likeness (QED) is 0.781. The molecule has 0 aliphatic carbocycles. The van der Waals surface area contributed by atoms with Crippen LogP contribution >= 0.6 is 0 Å². The van der Waals surface area contributed by atoms with Crippen LogP contribution in [0.3, 0.4) is 0 Å². The maximum atomic E-state index is 12.1. The van der Waals surface area contributed by atoms with Crippen molar-refractivity contribution in [1.29, 1.82) is 0 Å². The molecule has 2 rings (SSSR count). The van der Waals surface area contributed by atoms with Gasteiger partial charge in [0.1, 0.15) is 0 Å². The minimum absolute atomic E-state index is 0.156. The van der Waals surface area contributed by atoms with Gasteiger partial charge in [-0.1, -0.05) is 0 Å². The Balaban J connectivity index is 1.76. The first-order valence-electron chi connectivity index (χ1n) is 5.46. The van der Waals surface area contributed by atoms with Crippen molar-refractivity contribution in [2.75, 3.05) is 32.8 Å². The lowest BCUT2D eigenvalue weighted by molar-refractivity contribution is -0.216. The van der Waals surface area contributed by atoms with E-state index in [1.165, 1.54) is 0 Å². The number of nitrogens with zero attached hydrogens (tertiary/aromatic N) is 1. The molecule has 0 aromatic rings. The van der Waals surface area contributed by atoms with Gasteiger partial charge in [-0.2, -0.15) is 13.2 Å². The van der Waals surface area contributed by atoms with Crippen LogP contribution in [0.1, 0.15) is 12.8 Å². The minimum atomic E-state index is -4.50. The highest BCUT2D eigenvalue weighted by Crippen LogP contribution is 2.40. The van der Waals surface area contributed by atoms with Gasteiger partial charge >= 0.3 is 6.18 Å². The van der Waals surface area contributed by atoms with Gasteiger partial charge in [0.25, 0.3) is 0 Å². The Morgan fingerprint density at radius 1 is 1.25 bits per heavy atom. The molecule has 0 radical (unpaired) electrons. The lowest BCUT2D eigenvalue weighted by Crippen LogP contribution is -2.60. The lowest BCUT2D eigenvalue weighted by Gasteiger charge is -2.52. The Morgan fingerprint density at radius 2 is 1.81 bits per heavy atom. The number of aliphatic hydroxyl groups is 1. The summed E-state index contributed by atoms with van der Waals surface area (Å²) in [5.41, 5.74) is 0.156. The van der Waals surface area contributed by atoms with E-state index in [-0.39, 0.29) is 12.0 Å². The smallest absolute Gasteiger partial charge is 0.382 e. The maximum absolute atomic E-state index is 12.1. The van der Waals surface area contributed by atoms with Gasteiger partial charge < -0.3 is 9.84 Å². The summed E-state index contributed by atoms with van der Waals surface area (Å²) in [7, 11) is 0. The Bertz CT molecular complexity index is 243. The van der Waals surface area contributed by atoms with Crippen molar-refractivity contribution in [3.8, 4) is 0 Å². The number of rotatable bonds is 2. The highest BCUT2D eigenvalue weighted by Gasteiger charge is 2.47. The molecule has 1 spiro atoms. The zero-order valence-corrected chi connectivity index (χ0v) is 8.96. The van der Waals surface area contributed by atoms with Gasteiger partial charge in [-0.15, -0.1) is 0 Å². The van der Waals surface area contributed by atoms with Crippen molar-refractivity contribution in [1.82, 2.24) is 4.90 Å². The highest BCUT2D eigenvalue weighted by molar-refractivity contribution is 4.96. The van der Waals surface area contributed by atoms with Crippen LogP contribution in [-0.2, 0) is 4.74 Å². The molecule has 0 saturated carbocycles. The summed E-state index contributed by atoms with van der Waals surface area (Å²) in [6, 6.07) is 0. The van der Waals surface area contributed by atoms with Gasteiger partial charge in [0.2, 0.25) is 0 Å². The van der Waals surface area contributed by atoms with E-state index >= 15 is 0 Å². The van der Waals surface area contributed by atoms with E-state index in [2.05, 4.69) is 0 Å². The number of β-amino-alcohol motifs (C(OH)–C–C–N with tert-alkyl or cyclic N) is 1. The molecule has 2 aliphatic rings. The highest BCUT2D eigenvalue weighted by atomic mass is 19.4. The lowest BCUT2D eigenvalue weighted by atomic mass is 9.73. The van der Waals surface area contributed by atoms with E-state index in [1.54, 1.807) is 4.90 Å². The molecule has 3 nitrogen and oxygen atoms in total. The van der Waals surface area contributed by atoms with Crippen LogP contribution in [0, 0.1) is 5.41 Å². The van der Waals surface area contributed by atoms with Crippen molar-refractivity contribution in [2.45, 2.75) is 25.1 Å². The van der Waals surface area contributed by atoms with Crippen LogP contribution in [0.25, 0.3) is 0 Å². The van der Waals surface area contributed by atoms with Gasteiger partial charge in [-0.05, 0) is 12.8 Å². The molecule has 2 heterocycles. The molecule has 94 valence electrons. The fourth-order valence-corrected chi connectivity index (χ4v) is 2.50. The maximum Gasteiger partial charge on any atom is 0.415 e. The fourth-order valence-electron chi connectivity index (χ4n) is 2.50. The second-order valence-electron chi connectivity index (χ2n) is 4.84. The van der Waals surface area contributed by atoms with Crippen LogP contribution in [0.4, 0.5) is 13.2 Å². The predicted molar refractivity (Wildman–Crippen MR) is 51.0 cm³/mol. The third-order valence-electron chi connectivity index (χ3n) is 3.48. The summed E-state index contributed by atoms with van der Waals surface area (Å²) in [4.78, 5) is 1.67. The number of hydrogen-bond acceptors (Lipinski definition) is 3. The Hall–Kier alpha value is -0.330. The molecule has 1 atom stereocenters. The standard InChI is InChI=1S/C10H16F3NO2/c11-10(12,13)8(15)5-14-6-9(7-14)1-3-16-4-2-9/h8,15H,1-7H2. The SMILES string of the molecule is OC(CN1CC2(CCOCC2)C1)C(F)(F)F.